The van der Waals surface area contributed by atoms with Crippen molar-refractivity contribution in [2.45, 2.75) is 58.0 Å². The molecule has 158 valence electrons. The second kappa shape index (κ2) is 8.30. The fraction of sp³-hybridized carbons (Fsp3) is 0.435. The molecule has 2 aliphatic heterocycles. The largest absolute Gasteiger partial charge is 0.466 e. The van der Waals surface area contributed by atoms with Gasteiger partial charge in [0.15, 0.2) is 5.17 Å². The van der Waals surface area contributed by atoms with Gasteiger partial charge in [0.1, 0.15) is 0 Å². The van der Waals surface area contributed by atoms with Crippen LogP contribution in [0.2, 0.25) is 0 Å². The van der Waals surface area contributed by atoms with Crippen molar-refractivity contribution in [2.75, 3.05) is 7.11 Å². The third-order valence-electron chi connectivity index (χ3n) is 5.61. The van der Waals surface area contributed by atoms with E-state index in [2.05, 4.69) is 48.4 Å². The molecule has 1 saturated carbocycles. The standard InChI is InChI=1S/C23H27N3O3S/c1-13(2)15-5-7-16(8-6-15)21-20(22(28)29-4)14(3)24-23-26(21)18(12-30-23)11-19(27)25-17-9-10-17/h5-8,12-13,17,21H,9-11H2,1-4H3,(H,25,27)/t21-/m0/s1. The molecular formula is C23H27N3O3S. The van der Waals surface area contributed by atoms with Crippen LogP contribution in [0.4, 0.5) is 0 Å². The van der Waals surface area contributed by atoms with E-state index < -0.39 is 5.97 Å². The van der Waals surface area contributed by atoms with Crippen LogP contribution in [0.3, 0.4) is 0 Å². The van der Waals surface area contributed by atoms with Gasteiger partial charge >= 0.3 is 5.97 Å². The first kappa shape index (κ1) is 20.7. The number of thioether (sulfide) groups is 1. The van der Waals surface area contributed by atoms with Gasteiger partial charge in [-0.15, -0.1) is 0 Å². The van der Waals surface area contributed by atoms with Crippen LogP contribution >= 0.6 is 11.8 Å². The normalized spacial score (nSPS) is 20.7. The first-order valence-electron chi connectivity index (χ1n) is 10.3. The van der Waals surface area contributed by atoms with Gasteiger partial charge in [-0.1, -0.05) is 49.9 Å². The highest BCUT2D eigenvalue weighted by Crippen LogP contribution is 2.45. The molecule has 30 heavy (non-hydrogen) atoms. The number of aliphatic imine (C=N–C) groups is 1. The summed E-state index contributed by atoms with van der Waals surface area (Å²) >= 11 is 1.49. The van der Waals surface area contributed by atoms with Crippen molar-refractivity contribution < 1.29 is 14.3 Å². The van der Waals surface area contributed by atoms with Crippen LogP contribution in [-0.4, -0.2) is 35.1 Å². The number of allylic oxidation sites excluding steroid dienone is 1. The summed E-state index contributed by atoms with van der Waals surface area (Å²) in [5, 5.41) is 5.80. The lowest BCUT2D eigenvalue weighted by Crippen LogP contribution is -2.38. The van der Waals surface area contributed by atoms with Gasteiger partial charge in [-0.2, -0.15) is 0 Å². The maximum Gasteiger partial charge on any atom is 0.338 e. The zero-order valence-corrected chi connectivity index (χ0v) is 18.6. The Morgan fingerprint density at radius 1 is 1.27 bits per heavy atom. The lowest BCUT2D eigenvalue weighted by atomic mass is 9.92. The van der Waals surface area contributed by atoms with Crippen molar-refractivity contribution in [3.8, 4) is 0 Å². The molecule has 0 radical (unpaired) electrons. The molecule has 1 aliphatic carbocycles. The van der Waals surface area contributed by atoms with E-state index >= 15 is 0 Å². The summed E-state index contributed by atoms with van der Waals surface area (Å²) in [4.78, 5) is 31.9. The highest BCUT2D eigenvalue weighted by molar-refractivity contribution is 8.16. The van der Waals surface area contributed by atoms with E-state index in [9.17, 15) is 9.59 Å². The van der Waals surface area contributed by atoms with E-state index in [0.717, 1.165) is 29.3 Å². The fourth-order valence-corrected chi connectivity index (χ4v) is 4.75. The van der Waals surface area contributed by atoms with Gasteiger partial charge in [0.05, 0.1) is 30.8 Å². The van der Waals surface area contributed by atoms with Crippen molar-refractivity contribution in [1.29, 1.82) is 0 Å². The van der Waals surface area contributed by atoms with Crippen molar-refractivity contribution in [1.82, 2.24) is 10.2 Å². The summed E-state index contributed by atoms with van der Waals surface area (Å²) in [5.74, 6) is 0.0288. The van der Waals surface area contributed by atoms with Crippen molar-refractivity contribution in [3.63, 3.8) is 0 Å². The smallest absolute Gasteiger partial charge is 0.338 e. The van der Waals surface area contributed by atoms with Crippen molar-refractivity contribution in [3.05, 3.63) is 57.8 Å². The monoisotopic (exact) mass is 425 g/mol. The molecule has 7 heteroatoms. The number of hydrogen-bond donors (Lipinski definition) is 1. The Morgan fingerprint density at radius 3 is 2.57 bits per heavy atom. The van der Waals surface area contributed by atoms with E-state index in [-0.39, 0.29) is 18.4 Å². The van der Waals surface area contributed by atoms with Crippen LogP contribution in [0.1, 0.15) is 63.1 Å². The zero-order valence-electron chi connectivity index (χ0n) is 17.8. The minimum atomic E-state index is -0.396. The molecule has 0 bridgehead atoms. The number of benzene rings is 1. The van der Waals surface area contributed by atoms with Crippen LogP contribution < -0.4 is 5.32 Å². The molecule has 0 unspecified atom stereocenters. The topological polar surface area (TPSA) is 71.0 Å². The predicted molar refractivity (Wildman–Crippen MR) is 119 cm³/mol. The zero-order chi connectivity index (χ0) is 21.4. The second-order valence-electron chi connectivity index (χ2n) is 8.22. The fourth-order valence-electron chi connectivity index (χ4n) is 3.79. The van der Waals surface area contributed by atoms with Gasteiger partial charge in [0, 0.05) is 11.7 Å². The molecule has 0 aromatic heterocycles. The number of hydrogen-bond acceptors (Lipinski definition) is 6. The summed E-state index contributed by atoms with van der Waals surface area (Å²) in [6.07, 6.45) is 2.36. The highest BCUT2D eigenvalue weighted by Gasteiger charge is 2.41. The van der Waals surface area contributed by atoms with Gasteiger partial charge in [0.2, 0.25) is 5.91 Å². The van der Waals surface area contributed by atoms with E-state index in [1.165, 1.54) is 24.4 Å². The molecule has 6 nitrogen and oxygen atoms in total. The molecule has 1 fully saturated rings. The number of nitrogens with one attached hydrogen (secondary N) is 1. The van der Waals surface area contributed by atoms with Crippen molar-refractivity contribution in [2.24, 2.45) is 4.99 Å². The minimum absolute atomic E-state index is 0.00500. The Bertz CT molecular complexity index is 958. The molecule has 1 atom stereocenters. The molecule has 1 aromatic rings. The molecule has 0 spiro atoms. The number of ether oxygens (including phenoxy) is 1. The van der Waals surface area contributed by atoms with Gasteiger partial charge in [-0.05, 0) is 42.2 Å². The van der Waals surface area contributed by atoms with Crippen LogP contribution in [-0.2, 0) is 14.3 Å². The second-order valence-corrected chi connectivity index (χ2v) is 9.06. The van der Waals surface area contributed by atoms with Crippen LogP contribution in [0, 0.1) is 0 Å². The molecule has 4 rings (SSSR count). The van der Waals surface area contributed by atoms with Gasteiger partial charge in [0.25, 0.3) is 0 Å². The van der Waals surface area contributed by atoms with Crippen LogP contribution in [0.25, 0.3) is 0 Å². The summed E-state index contributed by atoms with van der Waals surface area (Å²) in [6.45, 7) is 6.14. The molecule has 0 saturated heterocycles. The molecule has 1 aromatic carbocycles. The molecule has 1 amide bonds. The number of carbonyl (C=O) groups is 2. The van der Waals surface area contributed by atoms with Gasteiger partial charge in [-0.25, -0.2) is 9.79 Å². The first-order valence-corrected chi connectivity index (χ1v) is 11.2. The molecular weight excluding hydrogens is 398 g/mol. The average molecular weight is 426 g/mol. The van der Waals surface area contributed by atoms with E-state index in [1.54, 1.807) is 0 Å². The van der Waals surface area contributed by atoms with Gasteiger partial charge in [-0.3, -0.25) is 4.79 Å². The minimum Gasteiger partial charge on any atom is -0.466 e. The number of nitrogens with zero attached hydrogens (tertiary/aromatic N) is 2. The van der Waals surface area contributed by atoms with Crippen LogP contribution in [0.5, 0.6) is 0 Å². The average Bonchev–Trinajstić information content (AvgIpc) is 3.45. The quantitative estimate of drug-likeness (QED) is 0.691. The SMILES string of the molecule is COC(=O)C1=C(C)N=C2SC=C(CC(=O)NC3CC3)N2[C@H]1c1ccc(C(C)C)cc1. The molecule has 3 aliphatic rings. The van der Waals surface area contributed by atoms with Crippen molar-refractivity contribution >= 4 is 28.8 Å². The molecule has 1 N–H and O–H groups in total. The number of methoxy groups -OCH3 is 1. The number of amidine groups is 1. The van der Waals surface area contributed by atoms with E-state index in [4.69, 9.17) is 4.74 Å². The van der Waals surface area contributed by atoms with E-state index in [1.807, 2.05) is 17.2 Å². The van der Waals surface area contributed by atoms with Gasteiger partial charge < -0.3 is 15.0 Å². The third kappa shape index (κ3) is 4.03. The summed E-state index contributed by atoms with van der Waals surface area (Å²) in [7, 11) is 1.39. The Labute approximate surface area is 181 Å². The maximum absolute atomic E-state index is 12.7. The number of esters is 1. The first-order chi connectivity index (χ1) is 14.4. The lowest BCUT2D eigenvalue weighted by molar-refractivity contribution is -0.136. The number of carbonyl (C=O) groups excluding carboxylic acids is 2. The highest BCUT2D eigenvalue weighted by atomic mass is 32.2. The number of fused-ring (bicyclic) bond motifs is 1. The van der Waals surface area contributed by atoms with E-state index in [0.29, 0.717) is 23.2 Å². The predicted octanol–water partition coefficient (Wildman–Crippen LogP) is 4.23. The van der Waals surface area contributed by atoms with Crippen LogP contribution in [0.15, 0.2) is 51.6 Å². The Morgan fingerprint density at radius 2 is 1.97 bits per heavy atom. The maximum atomic E-state index is 12.7. The summed E-state index contributed by atoms with van der Waals surface area (Å²) in [6, 6.07) is 8.26. The Balaban J connectivity index is 1.70. The summed E-state index contributed by atoms with van der Waals surface area (Å²) < 4.78 is 5.10. The summed E-state index contributed by atoms with van der Waals surface area (Å²) in [5.41, 5.74) is 4.22. The third-order valence-corrected chi connectivity index (χ3v) is 6.50. The number of rotatable bonds is 6. The Hall–Kier alpha value is -2.54. The Kier molecular flexibility index (Phi) is 5.73. The molecule has 2 heterocycles. The number of amides is 1. The lowest BCUT2D eigenvalue weighted by Gasteiger charge is -2.36.